The highest BCUT2D eigenvalue weighted by atomic mass is 16.5. The summed E-state index contributed by atoms with van der Waals surface area (Å²) < 4.78 is 5.75. The number of carbonyl (C=O) groups excluding carboxylic acids is 1. The zero-order chi connectivity index (χ0) is 20.1. The number of benzene rings is 1. The third-order valence-corrected chi connectivity index (χ3v) is 3.90. The van der Waals surface area contributed by atoms with Gasteiger partial charge in [-0.15, -0.1) is 0 Å². The van der Waals surface area contributed by atoms with Gasteiger partial charge < -0.3 is 20.3 Å². The molecule has 1 aliphatic rings. The van der Waals surface area contributed by atoms with Gasteiger partial charge >= 0.3 is 11.9 Å². The number of aliphatic carboxylic acids is 2. The Morgan fingerprint density at radius 1 is 1.11 bits per heavy atom. The summed E-state index contributed by atoms with van der Waals surface area (Å²) in [5.41, 5.74) is 1.32. The smallest absolute Gasteiger partial charge is 0.414 e. The van der Waals surface area contributed by atoms with E-state index >= 15 is 0 Å². The van der Waals surface area contributed by atoms with E-state index in [1.807, 2.05) is 6.07 Å². The molecule has 8 nitrogen and oxygen atoms in total. The van der Waals surface area contributed by atoms with Crippen LogP contribution in [0.5, 0.6) is 5.75 Å². The second-order valence-electron chi connectivity index (χ2n) is 6.28. The Morgan fingerprint density at radius 3 is 2.37 bits per heavy atom. The molecule has 1 saturated heterocycles. The van der Waals surface area contributed by atoms with Crippen LogP contribution in [0.1, 0.15) is 38.2 Å². The number of piperidine rings is 1. The SMILES string of the molecule is CC(=O)NCCCOc1cccc(CN2CCCCC2)c1.O=C(O)C(=O)O. The third-order valence-electron chi connectivity index (χ3n) is 3.90. The molecule has 0 aromatic heterocycles. The fourth-order valence-electron chi connectivity index (χ4n) is 2.64. The number of carboxylic acid groups (broad SMARTS) is 2. The maximum absolute atomic E-state index is 10.8. The molecule has 8 heteroatoms. The number of ether oxygens (including phenoxy) is 1. The monoisotopic (exact) mass is 380 g/mol. The number of amides is 1. The Morgan fingerprint density at radius 2 is 1.78 bits per heavy atom. The van der Waals surface area contributed by atoms with Gasteiger partial charge in [-0.2, -0.15) is 0 Å². The molecule has 0 atom stereocenters. The molecule has 0 saturated carbocycles. The van der Waals surface area contributed by atoms with Crippen molar-refractivity contribution < 1.29 is 29.3 Å². The van der Waals surface area contributed by atoms with Crippen molar-refractivity contribution in [1.29, 1.82) is 0 Å². The number of rotatable bonds is 7. The lowest BCUT2D eigenvalue weighted by atomic mass is 10.1. The van der Waals surface area contributed by atoms with Crippen LogP contribution in [0, 0.1) is 0 Å². The molecule has 1 aliphatic heterocycles. The van der Waals surface area contributed by atoms with Gasteiger partial charge in [-0.1, -0.05) is 18.6 Å². The highest BCUT2D eigenvalue weighted by molar-refractivity contribution is 6.27. The molecule has 0 unspecified atom stereocenters. The van der Waals surface area contributed by atoms with Crippen LogP contribution in [-0.4, -0.2) is 59.2 Å². The van der Waals surface area contributed by atoms with Crippen molar-refractivity contribution in [3.8, 4) is 5.75 Å². The topological polar surface area (TPSA) is 116 Å². The lowest BCUT2D eigenvalue weighted by molar-refractivity contribution is -0.159. The molecule has 0 aliphatic carbocycles. The largest absolute Gasteiger partial charge is 0.494 e. The van der Waals surface area contributed by atoms with E-state index in [4.69, 9.17) is 24.5 Å². The molecule has 1 fully saturated rings. The number of hydrogen-bond donors (Lipinski definition) is 3. The average molecular weight is 380 g/mol. The van der Waals surface area contributed by atoms with Gasteiger partial charge in [0.25, 0.3) is 0 Å². The van der Waals surface area contributed by atoms with E-state index in [1.165, 1.54) is 44.8 Å². The predicted octanol–water partition coefficient (Wildman–Crippen LogP) is 1.73. The lowest BCUT2D eigenvalue weighted by Gasteiger charge is -2.26. The molecule has 3 N–H and O–H groups in total. The van der Waals surface area contributed by atoms with Crippen LogP contribution in [0.4, 0.5) is 0 Å². The summed E-state index contributed by atoms with van der Waals surface area (Å²) in [4.78, 5) is 31.5. The van der Waals surface area contributed by atoms with Crippen LogP contribution in [0.3, 0.4) is 0 Å². The summed E-state index contributed by atoms with van der Waals surface area (Å²) in [7, 11) is 0. The van der Waals surface area contributed by atoms with E-state index in [1.54, 1.807) is 0 Å². The van der Waals surface area contributed by atoms with E-state index in [2.05, 4.69) is 28.4 Å². The Bertz CT molecular complexity index is 602. The van der Waals surface area contributed by atoms with Crippen LogP contribution in [0.2, 0.25) is 0 Å². The van der Waals surface area contributed by atoms with Gasteiger partial charge in [0, 0.05) is 20.0 Å². The minimum Gasteiger partial charge on any atom is -0.494 e. The second kappa shape index (κ2) is 12.7. The van der Waals surface area contributed by atoms with E-state index < -0.39 is 11.9 Å². The van der Waals surface area contributed by atoms with Crippen molar-refractivity contribution in [1.82, 2.24) is 10.2 Å². The van der Waals surface area contributed by atoms with Crippen molar-refractivity contribution in [2.24, 2.45) is 0 Å². The zero-order valence-electron chi connectivity index (χ0n) is 15.6. The maximum Gasteiger partial charge on any atom is 0.414 e. The van der Waals surface area contributed by atoms with Crippen LogP contribution in [-0.2, 0) is 20.9 Å². The molecule has 1 heterocycles. The van der Waals surface area contributed by atoms with Crippen molar-refractivity contribution in [2.45, 2.75) is 39.2 Å². The molecule has 0 radical (unpaired) electrons. The zero-order valence-corrected chi connectivity index (χ0v) is 15.6. The molecule has 2 rings (SSSR count). The first-order valence-electron chi connectivity index (χ1n) is 9.03. The number of carbonyl (C=O) groups is 3. The fraction of sp³-hybridized carbons (Fsp3) is 0.526. The number of carboxylic acids is 2. The molecular formula is C19H28N2O6. The summed E-state index contributed by atoms with van der Waals surface area (Å²) >= 11 is 0. The third kappa shape index (κ3) is 10.9. The van der Waals surface area contributed by atoms with Crippen molar-refractivity contribution >= 4 is 17.8 Å². The molecule has 0 spiro atoms. The van der Waals surface area contributed by atoms with Crippen molar-refractivity contribution in [2.75, 3.05) is 26.2 Å². The number of hydrogen-bond acceptors (Lipinski definition) is 5. The van der Waals surface area contributed by atoms with Gasteiger partial charge in [0.1, 0.15) is 5.75 Å². The molecular weight excluding hydrogens is 352 g/mol. The Kier molecular flexibility index (Phi) is 10.5. The van der Waals surface area contributed by atoms with E-state index in [0.29, 0.717) is 13.2 Å². The first-order chi connectivity index (χ1) is 12.9. The van der Waals surface area contributed by atoms with Gasteiger partial charge in [0.05, 0.1) is 6.61 Å². The van der Waals surface area contributed by atoms with Gasteiger partial charge in [-0.25, -0.2) is 9.59 Å². The fourth-order valence-corrected chi connectivity index (χ4v) is 2.64. The molecule has 1 aromatic rings. The van der Waals surface area contributed by atoms with Crippen LogP contribution >= 0.6 is 0 Å². The van der Waals surface area contributed by atoms with Gasteiger partial charge in [0.15, 0.2) is 0 Å². The van der Waals surface area contributed by atoms with E-state index in [0.717, 1.165) is 18.7 Å². The van der Waals surface area contributed by atoms with Gasteiger partial charge in [0.2, 0.25) is 5.91 Å². The minimum absolute atomic E-state index is 0.0125. The van der Waals surface area contributed by atoms with Crippen LogP contribution in [0.25, 0.3) is 0 Å². The summed E-state index contributed by atoms with van der Waals surface area (Å²) in [6, 6.07) is 8.35. The Balaban J connectivity index is 0.000000527. The number of nitrogens with zero attached hydrogens (tertiary/aromatic N) is 1. The summed E-state index contributed by atoms with van der Waals surface area (Å²) in [5, 5.41) is 17.6. The number of likely N-dealkylation sites (tertiary alicyclic amines) is 1. The quantitative estimate of drug-likeness (QED) is 0.487. The molecule has 150 valence electrons. The Hall–Kier alpha value is -2.61. The normalized spacial score (nSPS) is 13.8. The minimum atomic E-state index is -1.82. The molecule has 1 aromatic carbocycles. The van der Waals surface area contributed by atoms with Crippen LogP contribution in [0.15, 0.2) is 24.3 Å². The van der Waals surface area contributed by atoms with Gasteiger partial charge in [-0.05, 0) is 50.0 Å². The van der Waals surface area contributed by atoms with Gasteiger partial charge in [-0.3, -0.25) is 9.69 Å². The second-order valence-corrected chi connectivity index (χ2v) is 6.28. The molecule has 1 amide bonds. The summed E-state index contributed by atoms with van der Waals surface area (Å²) in [5.74, 6) is -2.71. The maximum atomic E-state index is 10.8. The lowest BCUT2D eigenvalue weighted by Crippen LogP contribution is -2.29. The highest BCUT2D eigenvalue weighted by Gasteiger charge is 2.10. The standard InChI is InChI=1S/C17H26N2O2.C2H2O4/c1-15(20)18-9-6-12-21-17-8-5-7-16(13-17)14-19-10-3-2-4-11-19;3-1(4)2(5)6/h5,7-8,13H,2-4,6,9-12,14H2,1H3,(H,18,20);(H,3,4)(H,5,6). The average Bonchev–Trinajstić information content (AvgIpc) is 2.63. The first kappa shape index (κ1) is 22.4. The highest BCUT2D eigenvalue weighted by Crippen LogP contribution is 2.17. The van der Waals surface area contributed by atoms with Crippen molar-refractivity contribution in [3.05, 3.63) is 29.8 Å². The van der Waals surface area contributed by atoms with Crippen LogP contribution < -0.4 is 10.1 Å². The summed E-state index contributed by atoms with van der Waals surface area (Å²) in [6.07, 6.45) is 4.84. The van der Waals surface area contributed by atoms with Crippen molar-refractivity contribution in [3.63, 3.8) is 0 Å². The van der Waals surface area contributed by atoms with E-state index in [-0.39, 0.29) is 5.91 Å². The molecule has 27 heavy (non-hydrogen) atoms. The predicted molar refractivity (Wildman–Crippen MR) is 99.6 cm³/mol. The first-order valence-corrected chi connectivity index (χ1v) is 9.03. The molecule has 0 bridgehead atoms. The number of nitrogens with one attached hydrogen (secondary N) is 1. The van der Waals surface area contributed by atoms with E-state index in [9.17, 15) is 4.79 Å². The summed E-state index contributed by atoms with van der Waals surface area (Å²) in [6.45, 7) is 6.27. The Labute approximate surface area is 159 Å².